The lowest BCUT2D eigenvalue weighted by Gasteiger charge is -2.46. The second-order valence-electron chi connectivity index (χ2n) is 8.88. The number of hydrogen-bond donors (Lipinski definition) is 2. The highest BCUT2D eigenvalue weighted by Gasteiger charge is 3.01. The molecule has 2 N–H and O–H groups in total. The summed E-state index contributed by atoms with van der Waals surface area (Å²) < 4.78 is 434. The Balaban J connectivity index is 7.76. The third-order valence-electron chi connectivity index (χ3n) is 5.72. The van der Waals surface area contributed by atoms with Gasteiger partial charge in [0.25, 0.3) is 0 Å². The minimum Gasteiger partial charge on any atom is -0.281 e. The summed E-state index contributed by atoms with van der Waals surface area (Å²) in [6, 6.07) is 0. The summed E-state index contributed by atoms with van der Waals surface area (Å²) >= 11 is 0. The molecular weight excluding hydrogens is 860 g/mol. The highest BCUT2D eigenvalue weighted by Crippen LogP contribution is 2.69. The number of hydrogen-bond acceptors (Lipinski definition) is 4. The fourth-order valence-corrected chi connectivity index (χ4v) is 3.57. The molecule has 0 aliphatic carbocycles. The Labute approximate surface area is 251 Å². The van der Waals surface area contributed by atoms with Gasteiger partial charge in [0, 0.05) is 0 Å². The van der Waals surface area contributed by atoms with Crippen LogP contribution in [0.4, 0.5) is 123 Å². The van der Waals surface area contributed by atoms with Gasteiger partial charge in [-0.05, 0) is 0 Å². The van der Waals surface area contributed by atoms with Crippen molar-refractivity contribution in [2.75, 3.05) is 0 Å². The number of halogens is 28. The van der Waals surface area contributed by atoms with Gasteiger partial charge in [0.2, 0.25) is 0 Å². The van der Waals surface area contributed by atoms with Crippen LogP contribution in [0, 0.1) is 0 Å². The van der Waals surface area contributed by atoms with Crippen molar-refractivity contribution in [1.29, 1.82) is 0 Å². The Morgan fingerprint density at radius 3 is 0.380 bits per heavy atom. The van der Waals surface area contributed by atoms with E-state index in [2.05, 4.69) is 0 Å². The average Bonchev–Trinajstić information content (AvgIpc) is 2.85. The van der Waals surface area contributed by atoms with Crippen molar-refractivity contribution in [1.82, 2.24) is 0 Å². The molecule has 0 aromatic carbocycles. The molecular formula is C14H2F28O6S2. The molecule has 0 bridgehead atoms. The van der Waals surface area contributed by atoms with Crippen LogP contribution in [0.5, 0.6) is 0 Å². The van der Waals surface area contributed by atoms with Crippen LogP contribution in [0.15, 0.2) is 0 Å². The van der Waals surface area contributed by atoms with Gasteiger partial charge in [-0.2, -0.15) is 140 Å². The molecule has 0 aliphatic rings. The SMILES string of the molecule is O=S(=O)(O)C(F)(F)C(F)(F)C(F)(F)C(F)(F)C(F)(F)C(F)(F)C(F)(F)C(F)(F)C(F)(F)C(F)(F)C(F)(F)C(F)(F)C(F)(F)C(F)(F)S(=O)(=O)O. The van der Waals surface area contributed by atoms with Gasteiger partial charge in [-0.15, -0.1) is 0 Å². The van der Waals surface area contributed by atoms with E-state index >= 15 is 0 Å². The van der Waals surface area contributed by atoms with E-state index in [0.717, 1.165) is 0 Å². The van der Waals surface area contributed by atoms with Crippen molar-refractivity contribution in [2.24, 2.45) is 0 Å². The monoisotopic (exact) mass is 862 g/mol. The molecule has 0 atom stereocenters. The van der Waals surface area contributed by atoms with E-state index in [9.17, 15) is 140 Å². The summed E-state index contributed by atoms with van der Waals surface area (Å²) in [5.74, 6) is -117. The lowest BCUT2D eigenvalue weighted by atomic mass is 9.84. The summed E-state index contributed by atoms with van der Waals surface area (Å²) in [4.78, 5) is 0. The zero-order valence-corrected chi connectivity index (χ0v) is 22.6. The van der Waals surface area contributed by atoms with Crippen LogP contribution in [-0.2, 0) is 20.2 Å². The largest absolute Gasteiger partial charge is 0.438 e. The van der Waals surface area contributed by atoms with E-state index in [1.165, 1.54) is 0 Å². The van der Waals surface area contributed by atoms with Crippen molar-refractivity contribution in [2.45, 2.75) is 81.6 Å². The van der Waals surface area contributed by atoms with Crippen LogP contribution < -0.4 is 0 Å². The predicted molar refractivity (Wildman–Crippen MR) is 92.4 cm³/mol. The molecule has 0 saturated carbocycles. The van der Waals surface area contributed by atoms with Gasteiger partial charge in [0.05, 0.1) is 0 Å². The molecule has 0 aliphatic heterocycles. The molecule has 0 aromatic heterocycles. The van der Waals surface area contributed by atoms with Crippen LogP contribution in [0.1, 0.15) is 0 Å². The number of rotatable bonds is 15. The fraction of sp³-hybridized carbons (Fsp3) is 1.00. The van der Waals surface area contributed by atoms with E-state index < -0.39 is 102 Å². The average molecular weight is 862 g/mol. The summed E-state index contributed by atoms with van der Waals surface area (Å²) in [6.07, 6.45) is 0. The third kappa shape index (κ3) is 5.23. The summed E-state index contributed by atoms with van der Waals surface area (Å²) in [6.45, 7) is 0. The fourth-order valence-electron chi connectivity index (χ4n) is 2.66. The first-order valence-corrected chi connectivity index (χ1v) is 12.9. The van der Waals surface area contributed by atoms with Crippen LogP contribution >= 0.6 is 0 Å². The Kier molecular flexibility index (Phi) is 10.7. The van der Waals surface area contributed by atoms with Gasteiger partial charge in [0.1, 0.15) is 0 Å². The first-order chi connectivity index (χ1) is 20.8. The maximum atomic E-state index is 13.7. The molecule has 0 rings (SSSR count). The number of alkyl halides is 28. The minimum atomic E-state index is -10.1. The van der Waals surface area contributed by atoms with Gasteiger partial charge >= 0.3 is 102 Å². The second kappa shape index (κ2) is 11.2. The van der Waals surface area contributed by atoms with Gasteiger partial charge in [-0.25, -0.2) is 0 Å². The maximum Gasteiger partial charge on any atom is 0.438 e. The Morgan fingerprint density at radius 2 is 0.300 bits per heavy atom. The smallest absolute Gasteiger partial charge is 0.281 e. The molecule has 0 amide bonds. The summed E-state index contributed by atoms with van der Waals surface area (Å²) in [5.41, 5.74) is 0. The lowest BCUT2D eigenvalue weighted by molar-refractivity contribution is -0.482. The Hall–Kier alpha value is -2.14. The van der Waals surface area contributed by atoms with Crippen molar-refractivity contribution in [3.8, 4) is 0 Å². The van der Waals surface area contributed by atoms with E-state index in [1.54, 1.807) is 0 Å². The van der Waals surface area contributed by atoms with E-state index in [0.29, 0.717) is 0 Å². The lowest BCUT2D eigenvalue weighted by Crippen LogP contribution is -2.79. The first-order valence-electron chi connectivity index (χ1n) is 9.98. The predicted octanol–water partition coefficient (Wildman–Crippen LogP) is 7.57. The molecule has 0 heterocycles. The van der Waals surface area contributed by atoms with Crippen LogP contribution in [-0.4, -0.2) is 108 Å². The van der Waals surface area contributed by atoms with Crippen LogP contribution in [0.2, 0.25) is 0 Å². The van der Waals surface area contributed by atoms with Crippen LogP contribution in [0.25, 0.3) is 0 Å². The van der Waals surface area contributed by atoms with E-state index in [-0.39, 0.29) is 0 Å². The van der Waals surface area contributed by atoms with Gasteiger partial charge in [-0.3, -0.25) is 9.11 Å². The van der Waals surface area contributed by atoms with Crippen molar-refractivity contribution >= 4 is 20.2 Å². The molecule has 0 spiro atoms. The first kappa shape index (κ1) is 47.9. The summed E-state index contributed by atoms with van der Waals surface area (Å²) in [7, 11) is -16.8. The molecule has 50 heavy (non-hydrogen) atoms. The van der Waals surface area contributed by atoms with Crippen LogP contribution in [0.3, 0.4) is 0 Å². The molecule has 0 aromatic rings. The molecule has 0 saturated heterocycles. The Bertz CT molecular complexity index is 1410. The molecule has 0 radical (unpaired) electrons. The van der Waals surface area contributed by atoms with Gasteiger partial charge < -0.3 is 0 Å². The molecule has 0 unspecified atom stereocenters. The zero-order valence-electron chi connectivity index (χ0n) is 20.9. The zero-order chi connectivity index (χ0) is 42.0. The third-order valence-corrected chi connectivity index (χ3v) is 7.53. The highest BCUT2D eigenvalue weighted by atomic mass is 32.2. The molecule has 302 valence electrons. The van der Waals surface area contributed by atoms with Crippen molar-refractivity contribution in [3.63, 3.8) is 0 Å². The van der Waals surface area contributed by atoms with E-state index in [4.69, 9.17) is 9.11 Å². The topological polar surface area (TPSA) is 109 Å². The quantitative estimate of drug-likeness (QED) is 0.130. The summed E-state index contributed by atoms with van der Waals surface area (Å²) in [5, 5.41) is -16.7. The van der Waals surface area contributed by atoms with Gasteiger partial charge in [-0.1, -0.05) is 0 Å². The minimum absolute atomic E-state index is 7.74. The molecule has 36 heteroatoms. The highest BCUT2D eigenvalue weighted by molar-refractivity contribution is 7.87. The van der Waals surface area contributed by atoms with E-state index in [1.807, 2.05) is 0 Å². The Morgan fingerprint density at radius 1 is 0.220 bits per heavy atom. The normalized spacial score (nSPS) is 17.3. The van der Waals surface area contributed by atoms with Gasteiger partial charge in [0.15, 0.2) is 0 Å². The van der Waals surface area contributed by atoms with Crippen molar-refractivity contribution in [3.05, 3.63) is 0 Å². The standard InChI is InChI=1S/C14H2F28O6S2/c15-1(16,3(19,20)5(23,24)7(27,28)9(31,32)11(35,36)13(39,40)49(43,44)45)2(17,18)4(21,22)6(25,26)8(29,30)10(33,34)12(37,38)14(41,42)50(46,47)48/h(H,43,44,45)(H,46,47,48). The second-order valence-corrected chi connectivity index (χ2v) is 11.8. The molecule has 0 fully saturated rings. The van der Waals surface area contributed by atoms with Crippen molar-refractivity contribution < 1.29 is 149 Å². The molecule has 6 nitrogen and oxygen atoms in total. The maximum absolute atomic E-state index is 13.7.